The van der Waals surface area contributed by atoms with Gasteiger partial charge in [-0.25, -0.2) is 0 Å². The number of ketones is 2. The Morgan fingerprint density at radius 3 is 1.10 bits per heavy atom. The van der Waals surface area contributed by atoms with Crippen LogP contribution in [0.5, 0.6) is 0 Å². The van der Waals surface area contributed by atoms with Crippen LogP contribution in [-0.2, 0) is 55.3 Å². The fourth-order valence-electron chi connectivity index (χ4n) is 0.452. The van der Waals surface area contributed by atoms with Crippen molar-refractivity contribution < 1.29 is 65.5 Å². The molecule has 0 unspecified atom stereocenters. The minimum atomic E-state index is -1.85. The molecule has 0 saturated carbocycles. The van der Waals surface area contributed by atoms with Gasteiger partial charge in [-0.1, -0.05) is 0 Å². The van der Waals surface area contributed by atoms with Crippen molar-refractivity contribution in [2.24, 2.45) is 0 Å². The van der Waals surface area contributed by atoms with Crippen LogP contribution in [0.25, 0.3) is 0 Å². The summed E-state index contributed by atoms with van der Waals surface area (Å²) in [5, 5.41) is 19.3. The summed E-state index contributed by atoms with van der Waals surface area (Å²) < 4.78 is 8.11. The fourth-order valence-corrected chi connectivity index (χ4v) is 0.452. The third-order valence-corrected chi connectivity index (χ3v) is 1.27. The van der Waals surface area contributed by atoms with Gasteiger partial charge in [-0.3, -0.25) is 19.2 Å². The first-order chi connectivity index (χ1) is 9.07. The van der Waals surface area contributed by atoms with Gasteiger partial charge in [0.1, 0.15) is 11.9 Å². The molecule has 0 aliphatic rings. The molecule has 0 aliphatic carbocycles. The van der Waals surface area contributed by atoms with Gasteiger partial charge in [0, 0.05) is 13.8 Å². The Labute approximate surface area is 128 Å². The SMILES string of the molecule is CC(=O)OCC(=O)C(=O)[O-].CC(=O)OCC(=O)C(=O)[O-].[Fe+2]. The van der Waals surface area contributed by atoms with Gasteiger partial charge < -0.3 is 29.3 Å². The van der Waals surface area contributed by atoms with E-state index in [0.717, 1.165) is 13.8 Å². The Kier molecular flexibility index (Phi) is 14.5. The van der Waals surface area contributed by atoms with Gasteiger partial charge in [-0.15, -0.1) is 0 Å². The summed E-state index contributed by atoms with van der Waals surface area (Å²) in [7, 11) is 0. The number of hydrogen-bond donors (Lipinski definition) is 0. The van der Waals surface area contributed by atoms with Crippen LogP contribution in [0, 0.1) is 0 Å². The number of ether oxygens (including phenoxy) is 2. The van der Waals surface area contributed by atoms with E-state index in [1.54, 1.807) is 0 Å². The van der Waals surface area contributed by atoms with Gasteiger partial charge in [0.25, 0.3) is 0 Å². The second-order valence-electron chi connectivity index (χ2n) is 2.98. The topological polar surface area (TPSA) is 167 Å². The number of carboxylic acid groups (broad SMARTS) is 2. The van der Waals surface area contributed by atoms with Crippen LogP contribution in [0.2, 0.25) is 0 Å². The zero-order valence-corrected chi connectivity index (χ0v) is 12.0. The largest absolute Gasteiger partial charge is 2.00 e. The monoisotopic (exact) mass is 346 g/mol. The molecule has 0 heterocycles. The molecule has 10 nitrogen and oxygen atoms in total. The van der Waals surface area contributed by atoms with Crippen molar-refractivity contribution in [2.45, 2.75) is 13.8 Å². The standard InChI is InChI=1S/2C5H6O5.Fe/c2*1-3(6)10-2-4(7)5(8)9;/h2*2H2,1H3,(H,8,9);/q;;+2/p-2. The van der Waals surface area contributed by atoms with E-state index in [2.05, 4.69) is 9.47 Å². The number of carbonyl (C=O) groups is 6. The summed E-state index contributed by atoms with van der Waals surface area (Å²) in [6.07, 6.45) is 0. The number of hydrogen-bond acceptors (Lipinski definition) is 10. The van der Waals surface area contributed by atoms with Crippen LogP contribution in [0.3, 0.4) is 0 Å². The molecule has 0 amide bonds. The van der Waals surface area contributed by atoms with Crippen molar-refractivity contribution in [1.29, 1.82) is 0 Å². The minimum Gasteiger partial charge on any atom is -0.542 e. The summed E-state index contributed by atoms with van der Waals surface area (Å²) in [5.74, 6) is -7.57. The molecule has 0 atom stereocenters. The van der Waals surface area contributed by atoms with Gasteiger partial charge >= 0.3 is 29.0 Å². The van der Waals surface area contributed by atoms with E-state index in [4.69, 9.17) is 0 Å². The maximum atomic E-state index is 10.1. The zero-order valence-electron chi connectivity index (χ0n) is 10.9. The van der Waals surface area contributed by atoms with Crippen molar-refractivity contribution in [3.05, 3.63) is 0 Å². The van der Waals surface area contributed by atoms with Gasteiger partial charge in [-0.05, 0) is 0 Å². The summed E-state index contributed by atoms with van der Waals surface area (Å²) in [6, 6.07) is 0. The summed E-state index contributed by atoms with van der Waals surface area (Å²) in [5.41, 5.74) is 0. The molecule has 0 saturated heterocycles. The molecule has 0 fully saturated rings. The molecule has 0 aromatic rings. The molecule has 0 aromatic heterocycles. The van der Waals surface area contributed by atoms with Crippen LogP contribution in [0.4, 0.5) is 0 Å². The van der Waals surface area contributed by atoms with Crippen LogP contribution >= 0.6 is 0 Å². The first kappa shape index (κ1) is 23.8. The van der Waals surface area contributed by atoms with E-state index in [1.165, 1.54) is 0 Å². The Hall–Kier alpha value is -2.26. The van der Waals surface area contributed by atoms with Crippen LogP contribution in [0.1, 0.15) is 13.8 Å². The van der Waals surface area contributed by atoms with Crippen molar-refractivity contribution in [2.75, 3.05) is 13.2 Å². The smallest absolute Gasteiger partial charge is 0.542 e. The van der Waals surface area contributed by atoms with Crippen LogP contribution in [0.15, 0.2) is 0 Å². The van der Waals surface area contributed by atoms with Crippen molar-refractivity contribution in [3.8, 4) is 0 Å². The number of carboxylic acids is 2. The first-order valence-corrected chi connectivity index (χ1v) is 4.83. The molecule has 0 aliphatic heterocycles. The third kappa shape index (κ3) is 17.7. The van der Waals surface area contributed by atoms with E-state index in [0.29, 0.717) is 0 Å². The predicted octanol–water partition coefficient (Wildman–Crippen LogP) is -4.27. The summed E-state index contributed by atoms with van der Waals surface area (Å²) in [4.78, 5) is 59.5. The predicted molar refractivity (Wildman–Crippen MR) is 53.3 cm³/mol. The first-order valence-electron chi connectivity index (χ1n) is 4.83. The molecule has 11 heteroatoms. The summed E-state index contributed by atoms with van der Waals surface area (Å²) in [6.45, 7) is 0.639. The second kappa shape index (κ2) is 12.8. The Bertz CT molecular complexity index is 388. The molecule has 0 aromatic carbocycles. The van der Waals surface area contributed by atoms with E-state index in [-0.39, 0.29) is 17.1 Å². The maximum absolute atomic E-state index is 10.1. The number of carbonyl (C=O) groups excluding carboxylic acids is 6. The Morgan fingerprint density at radius 2 is 0.952 bits per heavy atom. The van der Waals surface area contributed by atoms with E-state index in [9.17, 15) is 39.0 Å². The van der Waals surface area contributed by atoms with Gasteiger partial charge in [-0.2, -0.15) is 0 Å². The van der Waals surface area contributed by atoms with E-state index >= 15 is 0 Å². The number of rotatable bonds is 6. The quantitative estimate of drug-likeness (QED) is 0.261. The van der Waals surface area contributed by atoms with E-state index in [1.807, 2.05) is 0 Å². The number of aliphatic carboxylic acids is 2. The molecule has 0 rings (SSSR count). The van der Waals surface area contributed by atoms with Gasteiger partial charge in [0.2, 0.25) is 11.6 Å². The van der Waals surface area contributed by atoms with E-state index < -0.39 is 48.7 Å². The molecular weight excluding hydrogens is 336 g/mol. The van der Waals surface area contributed by atoms with Crippen molar-refractivity contribution >= 4 is 35.4 Å². The second-order valence-corrected chi connectivity index (χ2v) is 2.98. The van der Waals surface area contributed by atoms with Crippen LogP contribution in [-0.4, -0.2) is 48.7 Å². The normalized spacial score (nSPS) is 8.10. The molecular formula is C10H10FeO10. The number of Topliss-reactive ketones (excluding diaryl/α,β-unsaturated/α-hetero) is 2. The average Bonchev–Trinajstić information content (AvgIpc) is 2.33. The molecule has 0 N–H and O–H groups in total. The van der Waals surface area contributed by atoms with Gasteiger partial charge in [0.05, 0.1) is 0 Å². The van der Waals surface area contributed by atoms with Gasteiger partial charge in [0.15, 0.2) is 13.2 Å². The van der Waals surface area contributed by atoms with Crippen LogP contribution < -0.4 is 10.2 Å². The summed E-state index contributed by atoms with van der Waals surface area (Å²) >= 11 is 0. The zero-order chi connectivity index (χ0) is 16.3. The molecule has 118 valence electrons. The molecule has 0 spiro atoms. The van der Waals surface area contributed by atoms with Crippen molar-refractivity contribution in [1.82, 2.24) is 0 Å². The Balaban J connectivity index is -0.000000295. The average molecular weight is 346 g/mol. The third-order valence-electron chi connectivity index (χ3n) is 1.27. The van der Waals surface area contributed by atoms with Crippen molar-refractivity contribution in [3.63, 3.8) is 0 Å². The molecule has 21 heavy (non-hydrogen) atoms. The fraction of sp³-hybridized carbons (Fsp3) is 0.400. The molecule has 0 bridgehead atoms. The maximum Gasteiger partial charge on any atom is 2.00 e. The minimum absolute atomic E-state index is 0. The number of esters is 2. The molecule has 0 radical (unpaired) electrons. The Morgan fingerprint density at radius 1 is 0.714 bits per heavy atom.